The maximum Gasteiger partial charge on any atom is 0.238 e. The van der Waals surface area contributed by atoms with Gasteiger partial charge in [-0.05, 0) is 12.1 Å². The Bertz CT molecular complexity index is 425. The van der Waals surface area contributed by atoms with E-state index < -0.39 is 23.6 Å². The van der Waals surface area contributed by atoms with Crippen molar-refractivity contribution in [3.05, 3.63) is 29.8 Å². The molecule has 18 heavy (non-hydrogen) atoms. The first-order valence-corrected chi connectivity index (χ1v) is 5.53. The number of hydrogen-bond donors (Lipinski definition) is 2. The maximum absolute atomic E-state index is 12.9. The molecule has 0 bridgehead atoms. The predicted molar refractivity (Wildman–Crippen MR) is 63.1 cm³/mol. The van der Waals surface area contributed by atoms with Crippen molar-refractivity contribution in [3.8, 4) is 5.75 Å². The topological polar surface area (TPSA) is 64.3 Å². The Hall–Kier alpha value is -1.69. The summed E-state index contributed by atoms with van der Waals surface area (Å²) in [5.74, 6) is -2.37. The van der Waals surface area contributed by atoms with Crippen molar-refractivity contribution in [3.63, 3.8) is 0 Å². The number of carbonyl (C=O) groups excluding carboxylic acids is 1. The van der Waals surface area contributed by atoms with Crippen LogP contribution in [0.4, 0.5) is 8.78 Å². The van der Waals surface area contributed by atoms with Crippen molar-refractivity contribution in [2.24, 2.45) is 5.73 Å². The molecule has 0 saturated carbocycles. The number of nitrogens with two attached hydrogens (primary N) is 1. The Morgan fingerprint density at radius 3 is 2.56 bits per heavy atom. The molecule has 0 fully saturated rings. The van der Waals surface area contributed by atoms with Gasteiger partial charge in [0.2, 0.25) is 5.91 Å². The molecular weight excluding hydrogens is 242 g/mol. The van der Waals surface area contributed by atoms with Crippen LogP contribution in [0, 0.1) is 11.6 Å². The Labute approximate surface area is 104 Å². The van der Waals surface area contributed by atoms with Crippen LogP contribution in [-0.2, 0) is 4.79 Å². The molecule has 1 aromatic carbocycles. The summed E-state index contributed by atoms with van der Waals surface area (Å²) in [6.45, 7) is 3.67. The van der Waals surface area contributed by atoms with Crippen LogP contribution < -0.4 is 15.8 Å². The molecule has 3 N–H and O–H groups in total. The van der Waals surface area contributed by atoms with Crippen molar-refractivity contribution >= 4 is 5.91 Å². The first-order valence-electron chi connectivity index (χ1n) is 5.53. The second-order valence-electron chi connectivity index (χ2n) is 4.16. The van der Waals surface area contributed by atoms with Crippen LogP contribution >= 0.6 is 0 Å². The Morgan fingerprint density at radius 1 is 1.39 bits per heavy atom. The molecule has 1 aromatic rings. The highest BCUT2D eigenvalue weighted by molar-refractivity contribution is 5.80. The molecule has 0 aromatic heterocycles. The second kappa shape index (κ2) is 6.30. The van der Waals surface area contributed by atoms with Gasteiger partial charge in [-0.25, -0.2) is 8.78 Å². The van der Waals surface area contributed by atoms with Crippen LogP contribution in [0.15, 0.2) is 18.2 Å². The molecule has 6 heteroatoms. The van der Waals surface area contributed by atoms with Crippen LogP contribution in [-0.4, -0.2) is 24.6 Å². The summed E-state index contributed by atoms with van der Waals surface area (Å²) >= 11 is 0. The van der Waals surface area contributed by atoms with Gasteiger partial charge in [0.25, 0.3) is 0 Å². The largest absolute Gasteiger partial charge is 0.491 e. The van der Waals surface area contributed by atoms with Gasteiger partial charge in [-0.2, -0.15) is 0 Å². The van der Waals surface area contributed by atoms with Gasteiger partial charge in [0.05, 0.1) is 0 Å². The Kier molecular flexibility index (Phi) is 5.03. The van der Waals surface area contributed by atoms with Gasteiger partial charge in [0, 0.05) is 12.1 Å². The number of amides is 1. The van der Waals surface area contributed by atoms with E-state index in [-0.39, 0.29) is 18.4 Å². The third-order valence-electron chi connectivity index (χ3n) is 2.19. The second-order valence-corrected chi connectivity index (χ2v) is 4.16. The van der Waals surface area contributed by atoms with E-state index in [1.54, 1.807) is 0 Å². The molecule has 1 atom stereocenters. The van der Waals surface area contributed by atoms with E-state index in [9.17, 15) is 13.6 Å². The van der Waals surface area contributed by atoms with E-state index in [1.807, 2.05) is 13.8 Å². The minimum atomic E-state index is -1.00. The monoisotopic (exact) mass is 258 g/mol. The fourth-order valence-corrected chi connectivity index (χ4v) is 1.36. The number of primary amides is 1. The van der Waals surface area contributed by atoms with Crippen molar-refractivity contribution in [1.29, 1.82) is 0 Å². The lowest BCUT2D eigenvalue weighted by Gasteiger charge is -2.18. The van der Waals surface area contributed by atoms with Crippen LogP contribution in [0.5, 0.6) is 5.75 Å². The summed E-state index contributed by atoms with van der Waals surface area (Å²) in [6, 6.07) is 2.53. The highest BCUT2D eigenvalue weighted by Crippen LogP contribution is 2.15. The third kappa shape index (κ3) is 4.29. The minimum Gasteiger partial charge on any atom is -0.491 e. The zero-order valence-electron chi connectivity index (χ0n) is 10.2. The number of rotatable bonds is 6. The molecule has 0 heterocycles. The average molecular weight is 258 g/mol. The van der Waals surface area contributed by atoms with Crippen LogP contribution in [0.25, 0.3) is 0 Å². The lowest BCUT2D eigenvalue weighted by atomic mass is 10.2. The van der Waals surface area contributed by atoms with E-state index in [2.05, 4.69) is 5.32 Å². The average Bonchev–Trinajstić information content (AvgIpc) is 2.28. The zero-order chi connectivity index (χ0) is 13.7. The molecule has 1 amide bonds. The summed E-state index contributed by atoms with van der Waals surface area (Å²) in [7, 11) is 0. The van der Waals surface area contributed by atoms with Crippen molar-refractivity contribution in [1.82, 2.24) is 5.32 Å². The van der Waals surface area contributed by atoms with Crippen LogP contribution in [0.3, 0.4) is 0 Å². The van der Waals surface area contributed by atoms with Crippen molar-refractivity contribution in [2.75, 3.05) is 6.61 Å². The maximum atomic E-state index is 12.9. The van der Waals surface area contributed by atoms with E-state index in [4.69, 9.17) is 10.5 Å². The van der Waals surface area contributed by atoms with Crippen molar-refractivity contribution in [2.45, 2.75) is 25.9 Å². The number of halogens is 2. The summed E-state index contributed by atoms with van der Waals surface area (Å²) in [5.41, 5.74) is 5.19. The number of ether oxygens (including phenoxy) is 1. The van der Waals surface area contributed by atoms with Crippen molar-refractivity contribution < 1.29 is 18.3 Å². The van der Waals surface area contributed by atoms with Gasteiger partial charge < -0.3 is 15.8 Å². The quantitative estimate of drug-likeness (QED) is 0.805. The smallest absolute Gasteiger partial charge is 0.238 e. The standard InChI is InChI=1S/C12H16F2N2O2/c1-7(2)16-11(12(15)17)6-18-8-3-4-9(13)10(14)5-8/h3-5,7,11,16H,6H2,1-2H3,(H2,15,17). The van der Waals surface area contributed by atoms with Crippen LogP contribution in [0.1, 0.15) is 13.8 Å². The summed E-state index contributed by atoms with van der Waals surface area (Å²) in [6.07, 6.45) is 0. The van der Waals surface area contributed by atoms with E-state index in [1.165, 1.54) is 6.07 Å². The molecule has 0 spiro atoms. The molecular formula is C12H16F2N2O2. The normalized spacial score (nSPS) is 12.5. The molecule has 0 aliphatic carbocycles. The summed E-state index contributed by atoms with van der Waals surface area (Å²) in [5, 5.41) is 2.91. The van der Waals surface area contributed by atoms with E-state index in [0.717, 1.165) is 12.1 Å². The first kappa shape index (κ1) is 14.4. The lowest BCUT2D eigenvalue weighted by molar-refractivity contribution is -0.120. The minimum absolute atomic E-state index is 0.0431. The molecule has 0 aliphatic rings. The third-order valence-corrected chi connectivity index (χ3v) is 2.19. The van der Waals surface area contributed by atoms with Crippen LogP contribution in [0.2, 0.25) is 0 Å². The van der Waals surface area contributed by atoms with E-state index in [0.29, 0.717) is 0 Å². The van der Waals surface area contributed by atoms with Gasteiger partial charge in [-0.15, -0.1) is 0 Å². The molecule has 1 unspecified atom stereocenters. The predicted octanol–water partition coefficient (Wildman–Crippen LogP) is 1.20. The summed E-state index contributed by atoms with van der Waals surface area (Å²) in [4.78, 5) is 11.1. The number of benzene rings is 1. The number of hydrogen-bond acceptors (Lipinski definition) is 3. The first-order chi connectivity index (χ1) is 8.40. The molecule has 100 valence electrons. The SMILES string of the molecule is CC(C)NC(COc1ccc(F)c(F)c1)C(N)=O. The zero-order valence-corrected chi connectivity index (χ0v) is 10.2. The highest BCUT2D eigenvalue weighted by atomic mass is 19.2. The molecule has 0 saturated heterocycles. The fourth-order valence-electron chi connectivity index (χ4n) is 1.36. The molecule has 0 radical (unpaired) electrons. The number of nitrogens with one attached hydrogen (secondary N) is 1. The lowest BCUT2D eigenvalue weighted by Crippen LogP contribution is -2.48. The van der Waals surface area contributed by atoms with Gasteiger partial charge in [-0.3, -0.25) is 4.79 Å². The van der Waals surface area contributed by atoms with Gasteiger partial charge in [0.1, 0.15) is 18.4 Å². The molecule has 0 aliphatic heterocycles. The summed E-state index contributed by atoms with van der Waals surface area (Å²) < 4.78 is 30.8. The van der Waals surface area contributed by atoms with Gasteiger partial charge in [-0.1, -0.05) is 13.8 Å². The molecule has 4 nitrogen and oxygen atoms in total. The van der Waals surface area contributed by atoms with Gasteiger partial charge in [0.15, 0.2) is 11.6 Å². The van der Waals surface area contributed by atoms with E-state index >= 15 is 0 Å². The molecule has 1 rings (SSSR count). The Morgan fingerprint density at radius 2 is 2.06 bits per heavy atom. The fraction of sp³-hybridized carbons (Fsp3) is 0.417. The Balaban J connectivity index is 2.61. The van der Waals surface area contributed by atoms with Gasteiger partial charge >= 0.3 is 0 Å². The highest BCUT2D eigenvalue weighted by Gasteiger charge is 2.17. The number of carbonyl (C=O) groups is 1.